The Morgan fingerprint density at radius 3 is 2.59 bits per heavy atom. The van der Waals surface area contributed by atoms with Crippen molar-refractivity contribution in [3.8, 4) is 0 Å². The smallest absolute Gasteiger partial charge is 0.233 e. The minimum atomic E-state index is -0.178. The molecule has 1 unspecified atom stereocenters. The van der Waals surface area contributed by atoms with E-state index >= 15 is 0 Å². The zero-order valence-electron chi connectivity index (χ0n) is 10.3. The summed E-state index contributed by atoms with van der Waals surface area (Å²) in [6.07, 6.45) is 1.90. The molecule has 7 heteroatoms. The highest BCUT2D eigenvalue weighted by atomic mass is 32.2. The van der Waals surface area contributed by atoms with E-state index in [1.807, 2.05) is 6.92 Å². The molecule has 17 heavy (non-hydrogen) atoms. The maximum atomic E-state index is 11.9. The van der Waals surface area contributed by atoms with Gasteiger partial charge in [0.15, 0.2) is 4.34 Å². The van der Waals surface area contributed by atoms with E-state index in [1.54, 1.807) is 0 Å². The molecule has 1 amide bonds. The van der Waals surface area contributed by atoms with Crippen molar-refractivity contribution >= 4 is 34.1 Å². The van der Waals surface area contributed by atoms with E-state index < -0.39 is 0 Å². The number of amides is 1. The number of anilines is 1. The normalized spacial score (nSPS) is 12.7. The van der Waals surface area contributed by atoms with Gasteiger partial charge in [0.2, 0.25) is 11.0 Å². The van der Waals surface area contributed by atoms with Crippen molar-refractivity contribution in [3.63, 3.8) is 0 Å². The van der Waals surface area contributed by atoms with Crippen LogP contribution in [0.25, 0.3) is 0 Å². The van der Waals surface area contributed by atoms with E-state index in [-0.39, 0.29) is 17.2 Å². The Labute approximate surface area is 110 Å². The molecule has 5 nitrogen and oxygen atoms in total. The van der Waals surface area contributed by atoms with Crippen molar-refractivity contribution in [2.75, 3.05) is 5.73 Å². The lowest BCUT2D eigenvalue weighted by atomic mass is 10.2. The third kappa shape index (κ3) is 4.51. The Bertz CT molecular complexity index is 365. The van der Waals surface area contributed by atoms with Gasteiger partial charge in [0, 0.05) is 6.04 Å². The fourth-order valence-electron chi connectivity index (χ4n) is 1.28. The second kappa shape index (κ2) is 6.80. The molecule has 0 aliphatic heterocycles. The van der Waals surface area contributed by atoms with Gasteiger partial charge in [0.05, 0.1) is 5.25 Å². The molecular formula is C10H18N4OS2. The van der Waals surface area contributed by atoms with Gasteiger partial charge >= 0.3 is 0 Å². The summed E-state index contributed by atoms with van der Waals surface area (Å²) in [5.41, 5.74) is 5.49. The van der Waals surface area contributed by atoms with E-state index in [4.69, 9.17) is 5.73 Å². The third-order valence-electron chi connectivity index (χ3n) is 2.40. The number of nitrogens with zero attached hydrogens (tertiary/aromatic N) is 2. The van der Waals surface area contributed by atoms with Crippen molar-refractivity contribution in [3.05, 3.63) is 0 Å². The van der Waals surface area contributed by atoms with Gasteiger partial charge in [-0.3, -0.25) is 4.79 Å². The maximum absolute atomic E-state index is 11.9. The fourth-order valence-corrected chi connectivity index (χ4v) is 3.07. The Hall–Kier alpha value is -0.820. The van der Waals surface area contributed by atoms with Crippen LogP contribution in [0.2, 0.25) is 0 Å². The lowest BCUT2D eigenvalue weighted by molar-refractivity contribution is -0.121. The molecule has 0 saturated carbocycles. The highest BCUT2D eigenvalue weighted by Crippen LogP contribution is 2.27. The summed E-state index contributed by atoms with van der Waals surface area (Å²) in [7, 11) is 0. The van der Waals surface area contributed by atoms with Crippen LogP contribution in [0.1, 0.15) is 33.6 Å². The SMILES string of the molecule is CCC(CC)NC(=O)C(C)Sc1nnc(N)s1. The molecule has 1 aromatic heterocycles. The minimum Gasteiger partial charge on any atom is -0.374 e. The summed E-state index contributed by atoms with van der Waals surface area (Å²) in [6, 6.07) is 0.255. The zero-order valence-corrected chi connectivity index (χ0v) is 11.9. The summed E-state index contributed by atoms with van der Waals surface area (Å²) in [4.78, 5) is 11.9. The number of carbonyl (C=O) groups is 1. The van der Waals surface area contributed by atoms with E-state index in [0.29, 0.717) is 5.13 Å². The van der Waals surface area contributed by atoms with Crippen LogP contribution in [-0.4, -0.2) is 27.4 Å². The highest BCUT2D eigenvalue weighted by Gasteiger charge is 2.18. The monoisotopic (exact) mass is 274 g/mol. The number of nitrogen functional groups attached to an aromatic ring is 1. The Balaban J connectivity index is 2.46. The fraction of sp³-hybridized carbons (Fsp3) is 0.700. The molecule has 1 aromatic rings. The maximum Gasteiger partial charge on any atom is 0.233 e. The average Bonchev–Trinajstić information content (AvgIpc) is 2.71. The van der Waals surface area contributed by atoms with Crippen molar-refractivity contribution in [2.24, 2.45) is 0 Å². The van der Waals surface area contributed by atoms with Gasteiger partial charge in [0.1, 0.15) is 0 Å². The van der Waals surface area contributed by atoms with Crippen molar-refractivity contribution in [1.82, 2.24) is 15.5 Å². The Morgan fingerprint density at radius 2 is 2.12 bits per heavy atom. The first kappa shape index (κ1) is 14.2. The van der Waals surface area contributed by atoms with Crippen LogP contribution < -0.4 is 11.1 Å². The molecule has 1 rings (SSSR count). The molecule has 0 fully saturated rings. The van der Waals surface area contributed by atoms with Crippen LogP contribution in [0.5, 0.6) is 0 Å². The summed E-state index contributed by atoms with van der Waals surface area (Å²) in [5, 5.41) is 10.9. The van der Waals surface area contributed by atoms with Crippen LogP contribution in [0, 0.1) is 0 Å². The second-order valence-corrected chi connectivity index (χ2v) is 6.29. The van der Waals surface area contributed by atoms with E-state index in [2.05, 4.69) is 29.4 Å². The number of nitrogens with two attached hydrogens (primary N) is 1. The lowest BCUT2D eigenvalue weighted by Gasteiger charge is -2.17. The van der Waals surface area contributed by atoms with E-state index in [0.717, 1.165) is 17.2 Å². The molecule has 0 spiro atoms. The Morgan fingerprint density at radius 1 is 1.47 bits per heavy atom. The molecule has 0 aliphatic rings. The topological polar surface area (TPSA) is 80.9 Å². The first-order valence-electron chi connectivity index (χ1n) is 5.62. The number of aromatic nitrogens is 2. The number of rotatable bonds is 6. The predicted molar refractivity (Wildman–Crippen MR) is 72.2 cm³/mol. The average molecular weight is 274 g/mol. The van der Waals surface area contributed by atoms with E-state index in [1.165, 1.54) is 23.1 Å². The summed E-state index contributed by atoms with van der Waals surface area (Å²) >= 11 is 2.69. The van der Waals surface area contributed by atoms with Gasteiger partial charge in [-0.1, -0.05) is 36.9 Å². The lowest BCUT2D eigenvalue weighted by Crippen LogP contribution is -2.38. The number of thioether (sulfide) groups is 1. The second-order valence-electron chi connectivity index (χ2n) is 3.69. The van der Waals surface area contributed by atoms with Crippen LogP contribution in [-0.2, 0) is 4.79 Å². The minimum absolute atomic E-state index is 0.0393. The van der Waals surface area contributed by atoms with Crippen molar-refractivity contribution in [2.45, 2.75) is 49.2 Å². The zero-order chi connectivity index (χ0) is 12.8. The van der Waals surface area contributed by atoms with Crippen LogP contribution in [0.3, 0.4) is 0 Å². The van der Waals surface area contributed by atoms with Crippen LogP contribution in [0.4, 0.5) is 5.13 Å². The number of carbonyl (C=O) groups excluding carboxylic acids is 1. The molecule has 0 aliphatic carbocycles. The number of hydrogen-bond acceptors (Lipinski definition) is 6. The molecule has 0 aromatic carbocycles. The highest BCUT2D eigenvalue weighted by molar-refractivity contribution is 8.02. The first-order valence-corrected chi connectivity index (χ1v) is 7.32. The summed E-state index contributed by atoms with van der Waals surface area (Å²) < 4.78 is 0.731. The largest absolute Gasteiger partial charge is 0.374 e. The van der Waals surface area contributed by atoms with Gasteiger partial charge in [0.25, 0.3) is 0 Å². The van der Waals surface area contributed by atoms with Crippen molar-refractivity contribution in [1.29, 1.82) is 0 Å². The molecule has 96 valence electrons. The van der Waals surface area contributed by atoms with Gasteiger partial charge < -0.3 is 11.1 Å². The quantitative estimate of drug-likeness (QED) is 0.774. The van der Waals surface area contributed by atoms with Crippen molar-refractivity contribution < 1.29 is 4.79 Å². The van der Waals surface area contributed by atoms with Gasteiger partial charge in [-0.2, -0.15) is 0 Å². The van der Waals surface area contributed by atoms with Crippen LogP contribution in [0.15, 0.2) is 4.34 Å². The molecule has 0 saturated heterocycles. The van der Waals surface area contributed by atoms with Gasteiger partial charge in [-0.25, -0.2) is 0 Å². The first-order chi connectivity index (χ1) is 8.06. The third-order valence-corrected chi connectivity index (χ3v) is 4.34. The molecule has 3 N–H and O–H groups in total. The summed E-state index contributed by atoms with van der Waals surface area (Å²) in [5.74, 6) is 0.0393. The Kier molecular flexibility index (Phi) is 5.70. The van der Waals surface area contributed by atoms with E-state index in [9.17, 15) is 4.79 Å². The standard InChI is InChI=1S/C10H18N4OS2/c1-4-7(5-2)12-8(15)6(3)16-10-14-13-9(11)17-10/h6-7H,4-5H2,1-3H3,(H2,11,13)(H,12,15). The molecule has 0 bridgehead atoms. The number of hydrogen-bond donors (Lipinski definition) is 2. The molecular weight excluding hydrogens is 256 g/mol. The number of nitrogens with one attached hydrogen (secondary N) is 1. The van der Waals surface area contributed by atoms with Gasteiger partial charge in [-0.05, 0) is 19.8 Å². The predicted octanol–water partition coefficient (Wildman–Crippen LogP) is 1.91. The molecule has 0 radical (unpaired) electrons. The van der Waals surface area contributed by atoms with Crippen LogP contribution >= 0.6 is 23.1 Å². The molecule has 1 heterocycles. The van der Waals surface area contributed by atoms with Gasteiger partial charge in [-0.15, -0.1) is 10.2 Å². The molecule has 1 atom stereocenters. The summed E-state index contributed by atoms with van der Waals surface area (Å²) in [6.45, 7) is 6.00.